The average Bonchev–Trinajstić information content (AvgIpc) is 3.66. The van der Waals surface area contributed by atoms with Gasteiger partial charge in [0.2, 0.25) is 6.79 Å². The van der Waals surface area contributed by atoms with Gasteiger partial charge in [-0.1, -0.05) is 0 Å². The Morgan fingerprint density at radius 3 is 2.59 bits per heavy atom. The maximum atomic E-state index is 14.9. The first kappa shape index (κ1) is 29.0. The lowest BCUT2D eigenvalue weighted by atomic mass is 10.1. The highest BCUT2D eigenvalue weighted by molar-refractivity contribution is 6.05. The standard InChI is InChI=1S/C32H32FN5O6/c1-18-10-24(29(41-4)15-27(18)44-20-7-8-26-30(12-20)43-17-42-26)36-31-21-13-25(28(40-3)14-23(21)34-16-35-31)37-32(39)22(33)11-19-6-5-9-38(19)2/h7-8,10-16,19H,5-6,9,17H2,1-4H3,(H,37,39)(H,34,35,36). The van der Waals surface area contributed by atoms with Gasteiger partial charge in [0, 0.05) is 29.6 Å². The average molecular weight is 602 g/mol. The number of carbonyl (C=O) groups excluding carboxylic acids is 1. The maximum Gasteiger partial charge on any atom is 0.284 e. The number of amides is 1. The van der Waals surface area contributed by atoms with Crippen LogP contribution in [0, 0.1) is 6.92 Å². The van der Waals surface area contributed by atoms with E-state index < -0.39 is 11.7 Å². The molecule has 12 heteroatoms. The largest absolute Gasteiger partial charge is 0.494 e. The first-order chi connectivity index (χ1) is 21.3. The van der Waals surface area contributed by atoms with Gasteiger partial charge in [-0.25, -0.2) is 14.4 Å². The number of hydrogen-bond donors (Lipinski definition) is 2. The first-order valence-corrected chi connectivity index (χ1v) is 14.1. The molecule has 3 aromatic carbocycles. The van der Waals surface area contributed by atoms with Gasteiger partial charge in [0.1, 0.15) is 35.1 Å². The number of rotatable bonds is 9. The van der Waals surface area contributed by atoms with Gasteiger partial charge in [0.05, 0.1) is 31.1 Å². The Balaban J connectivity index is 1.27. The van der Waals surface area contributed by atoms with Crippen molar-refractivity contribution in [3.8, 4) is 34.5 Å². The van der Waals surface area contributed by atoms with E-state index in [1.807, 2.05) is 24.9 Å². The lowest BCUT2D eigenvalue weighted by molar-refractivity contribution is -0.114. The van der Waals surface area contributed by atoms with E-state index in [9.17, 15) is 9.18 Å². The minimum atomic E-state index is -0.857. The van der Waals surface area contributed by atoms with Crippen molar-refractivity contribution >= 4 is 34.0 Å². The molecule has 0 spiro atoms. The number of likely N-dealkylation sites (tertiary alicyclic amines) is 1. The number of methoxy groups -OCH3 is 2. The van der Waals surface area contributed by atoms with E-state index in [0.29, 0.717) is 56.9 Å². The SMILES string of the molecule is COc1cc2ncnc(Nc3cc(C)c(Oc4ccc5c(c4)OCO5)cc3OC)c2cc1NC(=O)C(F)=CC1CCCN1C. The van der Waals surface area contributed by atoms with Crippen LogP contribution in [0.1, 0.15) is 18.4 Å². The van der Waals surface area contributed by atoms with Crippen molar-refractivity contribution in [2.24, 2.45) is 0 Å². The molecular formula is C32H32FN5O6. The third kappa shape index (κ3) is 5.88. The fraction of sp³-hybridized carbons (Fsp3) is 0.281. The Bertz CT molecular complexity index is 1760. The van der Waals surface area contributed by atoms with Crippen LogP contribution in [0.25, 0.3) is 10.9 Å². The van der Waals surface area contributed by atoms with Gasteiger partial charge in [0.25, 0.3) is 5.91 Å². The number of benzene rings is 3. The van der Waals surface area contributed by atoms with Crippen LogP contribution in [0.4, 0.5) is 21.6 Å². The molecule has 2 aliphatic rings. The molecule has 1 aromatic heterocycles. The highest BCUT2D eigenvalue weighted by Gasteiger charge is 2.23. The summed E-state index contributed by atoms with van der Waals surface area (Å²) in [5.74, 6) is 2.04. The molecule has 2 N–H and O–H groups in total. The van der Waals surface area contributed by atoms with E-state index in [4.69, 9.17) is 23.7 Å². The molecule has 11 nitrogen and oxygen atoms in total. The topological polar surface area (TPSA) is 116 Å². The zero-order chi connectivity index (χ0) is 30.8. The molecule has 4 aromatic rings. The fourth-order valence-electron chi connectivity index (χ4n) is 5.26. The summed E-state index contributed by atoms with van der Waals surface area (Å²) in [4.78, 5) is 23.6. The van der Waals surface area contributed by atoms with Gasteiger partial charge in [-0.05, 0) is 69.3 Å². The Kier molecular flexibility index (Phi) is 8.07. The van der Waals surface area contributed by atoms with Gasteiger partial charge in [-0.2, -0.15) is 0 Å². The summed E-state index contributed by atoms with van der Waals surface area (Å²) in [6.07, 6.45) is 4.54. The number of ether oxygens (including phenoxy) is 5. The smallest absolute Gasteiger partial charge is 0.284 e. The van der Waals surface area contributed by atoms with Crippen molar-refractivity contribution in [3.63, 3.8) is 0 Å². The number of carbonyl (C=O) groups is 1. The van der Waals surface area contributed by atoms with Crippen LogP contribution < -0.4 is 34.3 Å². The van der Waals surface area contributed by atoms with Crippen molar-refractivity contribution in [1.82, 2.24) is 14.9 Å². The first-order valence-electron chi connectivity index (χ1n) is 14.1. The molecule has 228 valence electrons. The molecule has 3 heterocycles. The molecule has 1 saturated heterocycles. The second-order valence-electron chi connectivity index (χ2n) is 10.5. The van der Waals surface area contributed by atoms with Gasteiger partial charge >= 0.3 is 0 Å². The van der Waals surface area contributed by atoms with Gasteiger partial charge < -0.3 is 34.3 Å². The van der Waals surface area contributed by atoms with E-state index in [0.717, 1.165) is 24.9 Å². The van der Waals surface area contributed by atoms with Crippen molar-refractivity contribution < 1.29 is 32.9 Å². The number of likely N-dealkylation sites (N-methyl/N-ethyl adjacent to an activating group) is 1. The number of anilines is 3. The fourth-order valence-corrected chi connectivity index (χ4v) is 5.26. The summed E-state index contributed by atoms with van der Waals surface area (Å²) in [7, 11) is 4.94. The van der Waals surface area contributed by atoms with Crippen LogP contribution in [0.15, 0.2) is 60.7 Å². The number of halogens is 1. The summed E-state index contributed by atoms with van der Waals surface area (Å²) in [6, 6.07) is 12.2. The number of nitrogens with zero attached hydrogens (tertiary/aromatic N) is 3. The second-order valence-corrected chi connectivity index (χ2v) is 10.5. The van der Waals surface area contributed by atoms with Crippen LogP contribution in [0.3, 0.4) is 0 Å². The normalized spacial score (nSPS) is 16.2. The van der Waals surface area contributed by atoms with Crippen LogP contribution in [-0.4, -0.2) is 61.4 Å². The number of aromatic nitrogens is 2. The third-order valence-corrected chi connectivity index (χ3v) is 7.66. The predicted octanol–water partition coefficient (Wildman–Crippen LogP) is 6.11. The molecule has 0 aliphatic carbocycles. The summed E-state index contributed by atoms with van der Waals surface area (Å²) in [5, 5.41) is 6.53. The Labute approximate surface area is 253 Å². The van der Waals surface area contributed by atoms with Crippen LogP contribution in [0.5, 0.6) is 34.5 Å². The van der Waals surface area contributed by atoms with Gasteiger partial charge in [0.15, 0.2) is 17.3 Å². The van der Waals surface area contributed by atoms with Gasteiger partial charge in [-0.15, -0.1) is 0 Å². The van der Waals surface area contributed by atoms with E-state index in [1.165, 1.54) is 19.5 Å². The minimum Gasteiger partial charge on any atom is -0.494 e. The van der Waals surface area contributed by atoms with Crippen molar-refractivity contribution in [2.45, 2.75) is 25.8 Å². The molecule has 1 atom stereocenters. The second kappa shape index (κ2) is 12.3. The van der Waals surface area contributed by atoms with Crippen LogP contribution in [0.2, 0.25) is 0 Å². The summed E-state index contributed by atoms with van der Waals surface area (Å²) in [5.41, 5.74) is 2.29. The molecule has 1 fully saturated rings. The molecule has 1 unspecified atom stereocenters. The summed E-state index contributed by atoms with van der Waals surface area (Å²) < 4.78 is 43.0. The zero-order valence-electron chi connectivity index (χ0n) is 24.8. The molecule has 0 saturated carbocycles. The highest BCUT2D eigenvalue weighted by atomic mass is 19.1. The van der Waals surface area contributed by atoms with E-state index in [1.54, 1.807) is 43.5 Å². The van der Waals surface area contributed by atoms with Crippen molar-refractivity contribution in [1.29, 1.82) is 0 Å². The monoisotopic (exact) mass is 601 g/mol. The molecule has 0 bridgehead atoms. The van der Waals surface area contributed by atoms with Crippen LogP contribution in [-0.2, 0) is 4.79 Å². The molecule has 2 aliphatic heterocycles. The van der Waals surface area contributed by atoms with E-state index in [2.05, 4.69) is 20.6 Å². The zero-order valence-corrected chi connectivity index (χ0v) is 24.8. The minimum absolute atomic E-state index is 0.115. The van der Waals surface area contributed by atoms with E-state index >= 15 is 0 Å². The van der Waals surface area contributed by atoms with Crippen molar-refractivity contribution in [2.75, 3.05) is 45.2 Å². The number of aryl methyl sites for hydroxylation is 1. The predicted molar refractivity (Wildman–Crippen MR) is 163 cm³/mol. The third-order valence-electron chi connectivity index (χ3n) is 7.66. The number of fused-ring (bicyclic) bond motifs is 2. The van der Waals surface area contributed by atoms with Gasteiger partial charge in [-0.3, -0.25) is 9.69 Å². The highest BCUT2D eigenvalue weighted by Crippen LogP contribution is 2.41. The Morgan fingerprint density at radius 1 is 1.02 bits per heavy atom. The molecule has 6 rings (SSSR count). The number of hydrogen-bond acceptors (Lipinski definition) is 10. The quantitative estimate of drug-likeness (QED) is 0.218. The van der Waals surface area contributed by atoms with E-state index in [-0.39, 0.29) is 18.5 Å². The lowest BCUT2D eigenvalue weighted by Gasteiger charge is -2.17. The summed E-state index contributed by atoms with van der Waals surface area (Å²) in [6.45, 7) is 2.95. The molecule has 0 radical (unpaired) electrons. The molecular weight excluding hydrogens is 569 g/mol. The summed E-state index contributed by atoms with van der Waals surface area (Å²) >= 11 is 0. The Hall–Kier alpha value is -5.10. The number of nitrogens with one attached hydrogen (secondary N) is 2. The van der Waals surface area contributed by atoms with Crippen molar-refractivity contribution in [3.05, 3.63) is 66.3 Å². The van der Waals surface area contributed by atoms with Crippen LogP contribution >= 0.6 is 0 Å². The maximum absolute atomic E-state index is 14.9. The lowest BCUT2D eigenvalue weighted by Crippen LogP contribution is -2.24. The molecule has 44 heavy (non-hydrogen) atoms. The Morgan fingerprint density at radius 2 is 1.82 bits per heavy atom. The molecule has 1 amide bonds.